The van der Waals surface area contributed by atoms with Gasteiger partial charge in [-0.3, -0.25) is 9.48 Å². The second kappa shape index (κ2) is 4.13. The molecule has 0 unspecified atom stereocenters. The van der Waals surface area contributed by atoms with E-state index < -0.39 is 0 Å². The number of carbonyl (C=O) groups excluding carboxylic acids is 1. The predicted molar refractivity (Wildman–Crippen MR) is 54.8 cm³/mol. The molecule has 0 N–H and O–H groups in total. The van der Waals surface area contributed by atoms with Crippen LogP contribution in [0.4, 0.5) is 0 Å². The predicted octanol–water partition coefficient (Wildman–Crippen LogP) is 2.42. The molecule has 1 aliphatic carbocycles. The average molecular weight is 213 g/mol. The molecule has 0 aromatic carbocycles. The van der Waals surface area contributed by atoms with Crippen LogP contribution in [0.2, 0.25) is 0 Å². The molecule has 14 heavy (non-hydrogen) atoms. The van der Waals surface area contributed by atoms with E-state index in [0.717, 1.165) is 0 Å². The van der Waals surface area contributed by atoms with Crippen molar-refractivity contribution in [3.8, 4) is 0 Å². The number of halogens is 1. The number of alkyl halides is 1. The molecule has 0 saturated heterocycles. The first-order valence-electron chi connectivity index (χ1n) is 4.94. The van der Waals surface area contributed by atoms with Gasteiger partial charge in [0, 0.05) is 6.20 Å². The summed E-state index contributed by atoms with van der Waals surface area (Å²) in [5.41, 5.74) is 0.631. The summed E-state index contributed by atoms with van der Waals surface area (Å²) in [5, 5.41) is 4.20. The van der Waals surface area contributed by atoms with Gasteiger partial charge in [-0.2, -0.15) is 5.10 Å². The topological polar surface area (TPSA) is 34.9 Å². The number of rotatable bonds is 3. The van der Waals surface area contributed by atoms with Gasteiger partial charge in [-0.05, 0) is 12.8 Å². The summed E-state index contributed by atoms with van der Waals surface area (Å²) in [6.45, 7) is 0. The fraction of sp³-hybridized carbons (Fsp3) is 0.600. The maximum atomic E-state index is 11.3. The van der Waals surface area contributed by atoms with Crippen molar-refractivity contribution in [1.82, 2.24) is 9.78 Å². The van der Waals surface area contributed by atoms with Crippen molar-refractivity contribution in [3.05, 3.63) is 18.0 Å². The fourth-order valence-electron chi connectivity index (χ4n) is 1.93. The van der Waals surface area contributed by atoms with Crippen LogP contribution >= 0.6 is 11.6 Å². The highest BCUT2D eigenvalue weighted by molar-refractivity contribution is 6.30. The molecule has 1 fully saturated rings. The summed E-state index contributed by atoms with van der Waals surface area (Å²) in [4.78, 5) is 11.3. The van der Waals surface area contributed by atoms with Gasteiger partial charge in [0.2, 0.25) is 0 Å². The van der Waals surface area contributed by atoms with Crippen molar-refractivity contribution in [2.45, 2.75) is 31.7 Å². The van der Waals surface area contributed by atoms with Gasteiger partial charge in [-0.25, -0.2) is 0 Å². The molecule has 1 aliphatic rings. The maximum Gasteiger partial charge on any atom is 0.180 e. The van der Waals surface area contributed by atoms with Crippen LogP contribution in [0.15, 0.2) is 12.4 Å². The third kappa shape index (κ3) is 1.82. The lowest BCUT2D eigenvalue weighted by Gasteiger charge is -2.08. The highest BCUT2D eigenvalue weighted by atomic mass is 35.5. The van der Waals surface area contributed by atoms with Gasteiger partial charge in [-0.15, -0.1) is 11.6 Å². The van der Waals surface area contributed by atoms with Crippen LogP contribution in [0.25, 0.3) is 0 Å². The van der Waals surface area contributed by atoms with Crippen LogP contribution in [-0.4, -0.2) is 21.4 Å². The Balaban J connectivity index is 2.12. The molecular formula is C10H13ClN2O. The summed E-state index contributed by atoms with van der Waals surface area (Å²) in [5.74, 6) is -0.00739. The molecule has 1 aromatic rings. The van der Waals surface area contributed by atoms with Crippen LogP contribution in [-0.2, 0) is 0 Å². The Morgan fingerprint density at radius 2 is 2.29 bits per heavy atom. The smallest absolute Gasteiger partial charge is 0.180 e. The van der Waals surface area contributed by atoms with Gasteiger partial charge in [-0.1, -0.05) is 12.8 Å². The summed E-state index contributed by atoms with van der Waals surface area (Å²) < 4.78 is 1.91. The van der Waals surface area contributed by atoms with Gasteiger partial charge in [0.25, 0.3) is 0 Å². The standard InChI is InChI=1S/C10H13ClN2O/c11-5-10(14)8-6-12-13(7-8)9-3-1-2-4-9/h6-7,9H,1-5H2. The van der Waals surface area contributed by atoms with E-state index >= 15 is 0 Å². The largest absolute Gasteiger partial charge is 0.293 e. The maximum absolute atomic E-state index is 11.3. The van der Waals surface area contributed by atoms with Gasteiger partial charge >= 0.3 is 0 Å². The molecule has 76 valence electrons. The Morgan fingerprint density at radius 3 is 2.93 bits per heavy atom. The first-order valence-corrected chi connectivity index (χ1v) is 5.48. The molecule has 0 atom stereocenters. The molecule has 4 heteroatoms. The van der Waals surface area contributed by atoms with E-state index in [1.54, 1.807) is 6.20 Å². The molecule has 0 aliphatic heterocycles. The second-order valence-electron chi connectivity index (χ2n) is 3.70. The SMILES string of the molecule is O=C(CCl)c1cnn(C2CCCC2)c1. The number of hydrogen-bond donors (Lipinski definition) is 0. The van der Waals surface area contributed by atoms with Crippen molar-refractivity contribution >= 4 is 17.4 Å². The Bertz CT molecular complexity index is 329. The van der Waals surface area contributed by atoms with Gasteiger partial charge in [0.05, 0.1) is 23.7 Å². The van der Waals surface area contributed by atoms with E-state index in [0.29, 0.717) is 11.6 Å². The van der Waals surface area contributed by atoms with Crippen LogP contribution in [0.3, 0.4) is 0 Å². The quantitative estimate of drug-likeness (QED) is 0.570. The Labute approximate surface area is 88.1 Å². The molecule has 0 radical (unpaired) electrons. The molecule has 1 saturated carbocycles. The van der Waals surface area contributed by atoms with Crippen LogP contribution in [0.5, 0.6) is 0 Å². The minimum absolute atomic E-state index is 0.0381. The van der Waals surface area contributed by atoms with Crippen LogP contribution < -0.4 is 0 Å². The van der Waals surface area contributed by atoms with E-state index in [4.69, 9.17) is 11.6 Å². The van der Waals surface area contributed by atoms with Crippen LogP contribution in [0, 0.1) is 0 Å². The Hall–Kier alpha value is -0.830. The molecule has 2 rings (SSSR count). The summed E-state index contributed by atoms with van der Waals surface area (Å²) in [6.07, 6.45) is 8.32. The average Bonchev–Trinajstić information content (AvgIpc) is 2.86. The molecule has 1 heterocycles. The van der Waals surface area contributed by atoms with E-state index in [2.05, 4.69) is 5.10 Å². The van der Waals surface area contributed by atoms with E-state index in [-0.39, 0.29) is 11.7 Å². The lowest BCUT2D eigenvalue weighted by Crippen LogP contribution is -2.05. The molecule has 3 nitrogen and oxygen atoms in total. The molecule has 0 bridgehead atoms. The lowest BCUT2D eigenvalue weighted by atomic mass is 10.2. The van der Waals surface area contributed by atoms with Crippen molar-refractivity contribution < 1.29 is 4.79 Å². The minimum atomic E-state index is -0.0455. The monoisotopic (exact) mass is 212 g/mol. The third-order valence-electron chi connectivity index (χ3n) is 2.74. The zero-order chi connectivity index (χ0) is 9.97. The fourth-order valence-corrected chi connectivity index (χ4v) is 2.08. The third-order valence-corrected chi connectivity index (χ3v) is 2.99. The first-order chi connectivity index (χ1) is 6.81. The Morgan fingerprint density at radius 1 is 1.57 bits per heavy atom. The van der Waals surface area contributed by atoms with Gasteiger partial charge in [0.15, 0.2) is 5.78 Å². The first kappa shape index (κ1) is 9.71. The lowest BCUT2D eigenvalue weighted by molar-refractivity contribution is 0.102. The second-order valence-corrected chi connectivity index (χ2v) is 3.97. The number of carbonyl (C=O) groups is 1. The van der Waals surface area contributed by atoms with Crippen molar-refractivity contribution in [2.24, 2.45) is 0 Å². The van der Waals surface area contributed by atoms with Gasteiger partial charge in [0.1, 0.15) is 0 Å². The highest BCUT2D eigenvalue weighted by Gasteiger charge is 2.18. The van der Waals surface area contributed by atoms with E-state index in [1.807, 2.05) is 10.9 Å². The number of ketones is 1. The highest BCUT2D eigenvalue weighted by Crippen LogP contribution is 2.28. The molecule has 0 spiro atoms. The number of hydrogen-bond acceptors (Lipinski definition) is 2. The summed E-state index contributed by atoms with van der Waals surface area (Å²) in [7, 11) is 0. The van der Waals surface area contributed by atoms with Crippen molar-refractivity contribution in [2.75, 3.05) is 5.88 Å². The minimum Gasteiger partial charge on any atom is -0.293 e. The van der Waals surface area contributed by atoms with Crippen molar-refractivity contribution in [1.29, 1.82) is 0 Å². The van der Waals surface area contributed by atoms with Crippen LogP contribution in [0.1, 0.15) is 42.1 Å². The Kier molecular flexibility index (Phi) is 2.87. The molecule has 1 aromatic heterocycles. The molecule has 0 amide bonds. The number of Topliss-reactive ketones (excluding diaryl/α,β-unsaturated/α-hetero) is 1. The zero-order valence-corrected chi connectivity index (χ0v) is 8.70. The van der Waals surface area contributed by atoms with E-state index in [1.165, 1.54) is 25.7 Å². The summed E-state index contributed by atoms with van der Waals surface area (Å²) in [6, 6.07) is 0.492. The van der Waals surface area contributed by atoms with E-state index in [9.17, 15) is 4.79 Å². The number of nitrogens with zero attached hydrogens (tertiary/aromatic N) is 2. The number of aromatic nitrogens is 2. The van der Waals surface area contributed by atoms with Crippen molar-refractivity contribution in [3.63, 3.8) is 0 Å². The molecular weight excluding hydrogens is 200 g/mol. The summed E-state index contributed by atoms with van der Waals surface area (Å²) >= 11 is 5.47. The normalized spacial score (nSPS) is 17.5. The zero-order valence-electron chi connectivity index (χ0n) is 7.95. The van der Waals surface area contributed by atoms with Gasteiger partial charge < -0.3 is 0 Å².